The summed E-state index contributed by atoms with van der Waals surface area (Å²) in [7, 11) is 0. The molecule has 4 heteroatoms. The molecule has 0 unspecified atom stereocenters. The van der Waals surface area contributed by atoms with Gasteiger partial charge < -0.3 is 0 Å². The van der Waals surface area contributed by atoms with Crippen LogP contribution in [0.15, 0.2) is 0 Å². The molecule has 0 heterocycles. The van der Waals surface area contributed by atoms with E-state index in [0.717, 1.165) is 12.8 Å². The van der Waals surface area contributed by atoms with Crippen LogP contribution in [0.5, 0.6) is 0 Å². The fraction of sp³-hybridized carbons (Fsp3) is 1.00. The van der Waals surface area contributed by atoms with E-state index in [2.05, 4.69) is 15.9 Å². The number of alkyl halides is 4. The van der Waals surface area contributed by atoms with Crippen molar-refractivity contribution in [2.45, 2.75) is 40.7 Å². The quantitative estimate of drug-likeness (QED) is 0.449. The molecule has 1 saturated carbocycles. The van der Waals surface area contributed by atoms with Crippen molar-refractivity contribution in [3.8, 4) is 0 Å². The second kappa shape index (κ2) is 4.72. The maximum atomic E-state index is 5.88. The van der Waals surface area contributed by atoms with Crippen LogP contribution in [0.2, 0.25) is 0 Å². The van der Waals surface area contributed by atoms with E-state index in [4.69, 9.17) is 34.8 Å². The predicted molar refractivity (Wildman–Crippen MR) is 59.6 cm³/mol. The van der Waals surface area contributed by atoms with E-state index < -0.39 is 3.79 Å². The molecule has 0 nitrogen and oxygen atoms in total. The third-order valence-electron chi connectivity index (χ3n) is 2.35. The summed E-state index contributed by atoms with van der Waals surface area (Å²) in [5, 5.41) is 0. The van der Waals surface area contributed by atoms with Crippen molar-refractivity contribution in [1.29, 1.82) is 0 Å². The smallest absolute Gasteiger partial charge is 0.0886 e. The highest BCUT2D eigenvalue weighted by atomic mass is 79.9. The molecule has 1 fully saturated rings. The molecule has 0 aromatic heterocycles. The molecule has 0 N–H and O–H groups in total. The summed E-state index contributed by atoms with van der Waals surface area (Å²) >= 11 is 21.2. The van der Waals surface area contributed by atoms with E-state index in [-0.39, 0.29) is 5.92 Å². The molecule has 72 valence electrons. The molecule has 0 bridgehead atoms. The molecule has 0 aromatic rings. The topological polar surface area (TPSA) is 0 Å². The summed E-state index contributed by atoms with van der Waals surface area (Å²) in [6, 6.07) is 0. The zero-order valence-corrected chi connectivity index (χ0v) is 10.6. The first-order valence-electron chi connectivity index (χ1n) is 4.22. The molecule has 0 aromatic carbocycles. The third-order valence-corrected chi connectivity index (χ3v) is 4.29. The SMILES string of the molecule is ClC(Cl)(Cl)[C@@H]1CCCCC[C@H]1Br. The summed E-state index contributed by atoms with van der Waals surface area (Å²) in [4.78, 5) is 0.368. The maximum absolute atomic E-state index is 5.88. The Labute approximate surface area is 97.1 Å². The van der Waals surface area contributed by atoms with Crippen LogP contribution in [0.3, 0.4) is 0 Å². The Morgan fingerprint density at radius 2 is 1.58 bits per heavy atom. The summed E-state index contributed by atoms with van der Waals surface area (Å²) < 4.78 is -1.10. The molecule has 12 heavy (non-hydrogen) atoms. The van der Waals surface area contributed by atoms with Gasteiger partial charge in [-0.05, 0) is 12.8 Å². The van der Waals surface area contributed by atoms with Crippen molar-refractivity contribution in [2.24, 2.45) is 5.92 Å². The molecule has 0 saturated heterocycles. The van der Waals surface area contributed by atoms with Gasteiger partial charge in [-0.15, -0.1) is 0 Å². The normalized spacial score (nSPS) is 33.0. The Bertz CT molecular complexity index is 144. The second-order valence-corrected chi connectivity index (χ2v) is 6.85. The van der Waals surface area contributed by atoms with Crippen molar-refractivity contribution < 1.29 is 0 Å². The zero-order chi connectivity index (χ0) is 9.19. The Hall–Kier alpha value is 1.35. The minimum atomic E-state index is -1.10. The average Bonchev–Trinajstić information content (AvgIpc) is 2.11. The summed E-state index contributed by atoms with van der Waals surface area (Å²) in [6.07, 6.45) is 5.83. The van der Waals surface area contributed by atoms with Gasteiger partial charge in [-0.2, -0.15) is 0 Å². The first-order chi connectivity index (χ1) is 5.52. The summed E-state index contributed by atoms with van der Waals surface area (Å²) in [5.74, 6) is 0.171. The van der Waals surface area contributed by atoms with E-state index in [9.17, 15) is 0 Å². The van der Waals surface area contributed by atoms with E-state index in [1.165, 1.54) is 19.3 Å². The lowest BCUT2D eigenvalue weighted by atomic mass is 10.0. The minimum absolute atomic E-state index is 0.171. The van der Waals surface area contributed by atoms with Gasteiger partial charge in [0.2, 0.25) is 0 Å². The van der Waals surface area contributed by atoms with Gasteiger partial charge in [-0.25, -0.2) is 0 Å². The van der Waals surface area contributed by atoms with Crippen molar-refractivity contribution in [3.63, 3.8) is 0 Å². The Morgan fingerprint density at radius 1 is 1.00 bits per heavy atom. The van der Waals surface area contributed by atoms with Crippen LogP contribution in [0.1, 0.15) is 32.1 Å². The Balaban J connectivity index is 2.59. The van der Waals surface area contributed by atoms with Crippen molar-refractivity contribution in [1.82, 2.24) is 0 Å². The lowest BCUT2D eigenvalue weighted by Crippen LogP contribution is -2.26. The first kappa shape index (κ1) is 11.4. The fourth-order valence-electron chi connectivity index (χ4n) is 1.63. The molecular weight excluding hydrogens is 282 g/mol. The lowest BCUT2D eigenvalue weighted by Gasteiger charge is -2.26. The molecule has 0 radical (unpaired) electrons. The van der Waals surface area contributed by atoms with Crippen LogP contribution in [0, 0.1) is 5.92 Å². The highest BCUT2D eigenvalue weighted by molar-refractivity contribution is 9.09. The van der Waals surface area contributed by atoms with Crippen LogP contribution in [-0.2, 0) is 0 Å². The first-order valence-corrected chi connectivity index (χ1v) is 6.27. The molecule has 1 aliphatic carbocycles. The van der Waals surface area contributed by atoms with Crippen LogP contribution in [-0.4, -0.2) is 8.62 Å². The second-order valence-electron chi connectivity index (χ2n) is 3.30. The van der Waals surface area contributed by atoms with Crippen molar-refractivity contribution >= 4 is 50.7 Å². The van der Waals surface area contributed by atoms with E-state index in [0.29, 0.717) is 4.83 Å². The average molecular weight is 294 g/mol. The van der Waals surface area contributed by atoms with Gasteiger partial charge in [0.05, 0.1) is 0 Å². The highest BCUT2D eigenvalue weighted by Crippen LogP contribution is 2.44. The van der Waals surface area contributed by atoms with E-state index in [1.807, 2.05) is 0 Å². The fourth-order valence-corrected chi connectivity index (χ4v) is 3.86. The Morgan fingerprint density at radius 3 is 2.17 bits per heavy atom. The Kier molecular flexibility index (Phi) is 4.50. The van der Waals surface area contributed by atoms with E-state index in [1.54, 1.807) is 0 Å². The molecule has 1 aliphatic rings. The molecular formula is C8H12BrCl3. The molecule has 2 atom stereocenters. The van der Waals surface area contributed by atoms with Gasteiger partial charge in [0.15, 0.2) is 3.79 Å². The van der Waals surface area contributed by atoms with Crippen LogP contribution in [0.25, 0.3) is 0 Å². The summed E-state index contributed by atoms with van der Waals surface area (Å²) in [5.41, 5.74) is 0. The van der Waals surface area contributed by atoms with Gasteiger partial charge in [-0.3, -0.25) is 0 Å². The third kappa shape index (κ3) is 3.25. The van der Waals surface area contributed by atoms with Gasteiger partial charge >= 0.3 is 0 Å². The largest absolute Gasteiger partial charge is 0.194 e. The molecule has 0 aliphatic heterocycles. The van der Waals surface area contributed by atoms with Crippen molar-refractivity contribution in [2.75, 3.05) is 0 Å². The van der Waals surface area contributed by atoms with Crippen LogP contribution >= 0.6 is 50.7 Å². The standard InChI is InChI=1S/C8H12BrCl3/c9-7-5-3-1-2-4-6(7)8(10,11)12/h6-7H,1-5H2/t6-,7-/m1/s1. The molecule has 1 rings (SSSR count). The highest BCUT2D eigenvalue weighted by Gasteiger charge is 2.37. The van der Waals surface area contributed by atoms with Gasteiger partial charge in [0.1, 0.15) is 0 Å². The van der Waals surface area contributed by atoms with Crippen LogP contribution < -0.4 is 0 Å². The minimum Gasteiger partial charge on any atom is -0.0886 e. The van der Waals surface area contributed by atoms with E-state index >= 15 is 0 Å². The number of hydrogen-bond acceptors (Lipinski definition) is 0. The van der Waals surface area contributed by atoms with Crippen molar-refractivity contribution in [3.05, 3.63) is 0 Å². The van der Waals surface area contributed by atoms with Gasteiger partial charge in [-0.1, -0.05) is 70.0 Å². The van der Waals surface area contributed by atoms with Gasteiger partial charge in [0, 0.05) is 10.7 Å². The summed E-state index contributed by atoms with van der Waals surface area (Å²) in [6.45, 7) is 0. The molecule has 0 amide bonds. The van der Waals surface area contributed by atoms with Crippen LogP contribution in [0.4, 0.5) is 0 Å². The van der Waals surface area contributed by atoms with Gasteiger partial charge in [0.25, 0.3) is 0 Å². The lowest BCUT2D eigenvalue weighted by molar-refractivity contribution is 0.487. The predicted octanol–water partition coefficient (Wildman–Crippen LogP) is 4.70. The monoisotopic (exact) mass is 292 g/mol. The number of rotatable bonds is 0. The maximum Gasteiger partial charge on any atom is 0.194 e. The number of hydrogen-bond donors (Lipinski definition) is 0. The molecule has 0 spiro atoms. The number of halogens is 4. The zero-order valence-electron chi connectivity index (χ0n) is 6.70.